The van der Waals surface area contributed by atoms with Crippen LogP contribution in [0.5, 0.6) is 0 Å². The van der Waals surface area contributed by atoms with Gasteiger partial charge in [0.2, 0.25) is 0 Å². The van der Waals surface area contributed by atoms with E-state index in [1.165, 1.54) is 11.8 Å². The van der Waals surface area contributed by atoms with E-state index in [1.807, 2.05) is 25.1 Å². The van der Waals surface area contributed by atoms with Gasteiger partial charge >= 0.3 is 0 Å². The molecule has 8 nitrogen and oxygen atoms in total. The number of carbonyl (C=O) groups excluding carboxylic acids is 1. The molecule has 3 heterocycles. The lowest BCUT2D eigenvalue weighted by molar-refractivity contribution is 0.0669. The summed E-state index contributed by atoms with van der Waals surface area (Å²) >= 11 is 0. The molecule has 0 bridgehead atoms. The first-order valence-electron chi connectivity index (χ1n) is 8.82. The van der Waals surface area contributed by atoms with Crippen LogP contribution < -0.4 is 5.56 Å². The number of rotatable bonds is 3. The highest BCUT2D eigenvalue weighted by molar-refractivity contribution is 5.93. The molecule has 0 saturated carbocycles. The molecule has 1 aliphatic heterocycles. The number of aromatic nitrogens is 5. The van der Waals surface area contributed by atoms with Crippen LogP contribution in [-0.2, 0) is 13.0 Å². The zero-order valence-electron chi connectivity index (χ0n) is 15.2. The number of amides is 1. The molecule has 0 radical (unpaired) electrons. The Morgan fingerprint density at radius 3 is 2.74 bits per heavy atom. The highest BCUT2D eigenvalue weighted by atomic mass is 16.2. The van der Waals surface area contributed by atoms with Crippen molar-refractivity contribution in [2.75, 3.05) is 6.54 Å². The molecule has 0 fully saturated rings. The van der Waals surface area contributed by atoms with Gasteiger partial charge in [-0.2, -0.15) is 0 Å². The molecule has 27 heavy (non-hydrogen) atoms. The van der Waals surface area contributed by atoms with Gasteiger partial charge in [0.1, 0.15) is 17.2 Å². The normalized spacial score (nSPS) is 16.2. The molecule has 1 N–H and O–H groups in total. The van der Waals surface area contributed by atoms with Crippen LogP contribution in [0.25, 0.3) is 0 Å². The molecule has 0 aliphatic carbocycles. The van der Waals surface area contributed by atoms with Gasteiger partial charge in [-0.25, -0.2) is 4.98 Å². The summed E-state index contributed by atoms with van der Waals surface area (Å²) in [6.07, 6.45) is 2.09. The van der Waals surface area contributed by atoms with Crippen LogP contribution in [0.3, 0.4) is 0 Å². The zero-order chi connectivity index (χ0) is 19.0. The third-order valence-electron chi connectivity index (χ3n) is 4.82. The Labute approximate surface area is 155 Å². The molecule has 1 aromatic carbocycles. The first-order valence-corrected chi connectivity index (χ1v) is 8.82. The minimum Gasteiger partial charge on any atom is -0.329 e. The monoisotopic (exact) mass is 364 g/mol. The predicted molar refractivity (Wildman–Crippen MR) is 98.3 cm³/mol. The van der Waals surface area contributed by atoms with Gasteiger partial charge in [0, 0.05) is 12.7 Å². The van der Waals surface area contributed by atoms with Crippen LogP contribution in [0.2, 0.25) is 0 Å². The van der Waals surface area contributed by atoms with Gasteiger partial charge in [0.25, 0.3) is 11.5 Å². The molecule has 1 atom stereocenters. The summed E-state index contributed by atoms with van der Waals surface area (Å²) < 4.78 is 2.09. The number of aryl methyl sites for hydroxylation is 2. The summed E-state index contributed by atoms with van der Waals surface area (Å²) in [5, 5.41) is 8.41. The fraction of sp³-hybridized carbons (Fsp3) is 0.316. The minimum atomic E-state index is -0.421. The van der Waals surface area contributed by atoms with Crippen LogP contribution in [0.4, 0.5) is 0 Å². The maximum Gasteiger partial charge on any atom is 0.263 e. The van der Waals surface area contributed by atoms with E-state index in [9.17, 15) is 9.59 Å². The molecule has 4 rings (SSSR count). The van der Waals surface area contributed by atoms with E-state index < -0.39 is 5.56 Å². The number of carbonyl (C=O) groups is 1. The smallest absolute Gasteiger partial charge is 0.263 e. The average molecular weight is 364 g/mol. The molecule has 1 aliphatic rings. The quantitative estimate of drug-likeness (QED) is 0.758. The maximum atomic E-state index is 13.0. The van der Waals surface area contributed by atoms with E-state index in [2.05, 4.69) is 36.9 Å². The number of aromatic amines is 1. The fourth-order valence-corrected chi connectivity index (χ4v) is 3.57. The highest BCUT2D eigenvalue weighted by Crippen LogP contribution is 2.25. The lowest BCUT2D eigenvalue weighted by Crippen LogP contribution is -2.43. The lowest BCUT2D eigenvalue weighted by atomic mass is 10.0. The van der Waals surface area contributed by atoms with Crippen molar-refractivity contribution in [1.82, 2.24) is 29.6 Å². The Hall–Kier alpha value is -3.29. The van der Waals surface area contributed by atoms with Crippen molar-refractivity contribution in [3.8, 4) is 0 Å². The van der Waals surface area contributed by atoms with Crippen LogP contribution in [0, 0.1) is 13.8 Å². The van der Waals surface area contributed by atoms with E-state index in [4.69, 9.17) is 0 Å². The first-order chi connectivity index (χ1) is 13.0. The van der Waals surface area contributed by atoms with Crippen molar-refractivity contribution < 1.29 is 4.79 Å². The molecule has 138 valence electrons. The zero-order valence-corrected chi connectivity index (χ0v) is 15.2. The van der Waals surface area contributed by atoms with Gasteiger partial charge in [-0.05, 0) is 25.8 Å². The summed E-state index contributed by atoms with van der Waals surface area (Å²) in [5.41, 5.74) is 0.796. The van der Waals surface area contributed by atoms with E-state index >= 15 is 0 Å². The summed E-state index contributed by atoms with van der Waals surface area (Å²) in [4.78, 5) is 33.4. The van der Waals surface area contributed by atoms with Crippen molar-refractivity contribution in [3.63, 3.8) is 0 Å². The standard InChI is InChI=1S/C19H20N6O2/c1-12-20-9-16(18(26)21-12)19(27)24-10-15(8-14-6-4-3-5-7-14)25-13(2)22-23-17(25)11-24/h3-7,9,15H,8,10-11H2,1-2H3,(H,20,21,26)/t15-/m1/s1. The third kappa shape index (κ3) is 3.25. The van der Waals surface area contributed by atoms with Crippen molar-refractivity contribution in [2.45, 2.75) is 32.9 Å². The number of hydrogen-bond acceptors (Lipinski definition) is 5. The van der Waals surface area contributed by atoms with Crippen LogP contribution in [0.1, 0.15) is 39.4 Å². The van der Waals surface area contributed by atoms with Gasteiger partial charge in [-0.15, -0.1) is 10.2 Å². The second kappa shape index (κ2) is 6.79. The average Bonchev–Trinajstić information content (AvgIpc) is 3.03. The van der Waals surface area contributed by atoms with Gasteiger partial charge in [-0.1, -0.05) is 30.3 Å². The molecular weight excluding hydrogens is 344 g/mol. The number of hydrogen-bond donors (Lipinski definition) is 1. The van der Waals surface area contributed by atoms with Crippen molar-refractivity contribution in [3.05, 3.63) is 75.5 Å². The van der Waals surface area contributed by atoms with E-state index in [-0.39, 0.29) is 17.5 Å². The lowest BCUT2D eigenvalue weighted by Gasteiger charge is -2.34. The second-order valence-corrected chi connectivity index (χ2v) is 6.77. The maximum absolute atomic E-state index is 13.0. The number of benzene rings is 1. The first kappa shape index (κ1) is 17.1. The minimum absolute atomic E-state index is 0.00703. The predicted octanol–water partition coefficient (Wildman–Crippen LogP) is 1.42. The van der Waals surface area contributed by atoms with Gasteiger partial charge in [0.05, 0.1) is 12.6 Å². The number of fused-ring (bicyclic) bond motifs is 1. The number of nitrogens with one attached hydrogen (secondary N) is 1. The second-order valence-electron chi connectivity index (χ2n) is 6.77. The van der Waals surface area contributed by atoms with Crippen molar-refractivity contribution >= 4 is 5.91 Å². The third-order valence-corrected chi connectivity index (χ3v) is 4.82. The Balaban J connectivity index is 1.66. The molecule has 2 aromatic heterocycles. The Morgan fingerprint density at radius 1 is 1.22 bits per heavy atom. The van der Waals surface area contributed by atoms with Crippen LogP contribution >= 0.6 is 0 Å². The topological polar surface area (TPSA) is 96.8 Å². The molecule has 0 saturated heterocycles. The molecule has 0 unspecified atom stereocenters. The van der Waals surface area contributed by atoms with Gasteiger partial charge in [0.15, 0.2) is 5.82 Å². The molecule has 8 heteroatoms. The van der Waals surface area contributed by atoms with Gasteiger partial charge in [-0.3, -0.25) is 9.59 Å². The number of H-pyrrole nitrogens is 1. The van der Waals surface area contributed by atoms with Crippen molar-refractivity contribution in [1.29, 1.82) is 0 Å². The Bertz CT molecular complexity index is 1040. The highest BCUT2D eigenvalue weighted by Gasteiger charge is 2.32. The molecule has 3 aromatic rings. The van der Waals surface area contributed by atoms with E-state index in [1.54, 1.807) is 11.8 Å². The summed E-state index contributed by atoms with van der Waals surface area (Å²) in [7, 11) is 0. The van der Waals surface area contributed by atoms with Crippen molar-refractivity contribution in [2.24, 2.45) is 0 Å². The van der Waals surface area contributed by atoms with E-state index in [0.717, 1.165) is 18.1 Å². The van der Waals surface area contributed by atoms with Crippen LogP contribution in [0.15, 0.2) is 41.3 Å². The SMILES string of the molecule is Cc1ncc(C(=O)N2Cc3nnc(C)n3[C@H](Cc3ccccc3)C2)c(=O)[nH]1. The fourth-order valence-electron chi connectivity index (χ4n) is 3.57. The van der Waals surface area contributed by atoms with Gasteiger partial charge < -0.3 is 14.5 Å². The summed E-state index contributed by atoms with van der Waals surface area (Å²) in [5.74, 6) is 1.69. The number of nitrogens with zero attached hydrogens (tertiary/aromatic N) is 5. The summed E-state index contributed by atoms with van der Waals surface area (Å²) in [6.45, 7) is 4.39. The summed E-state index contributed by atoms with van der Waals surface area (Å²) in [6, 6.07) is 10.1. The Morgan fingerprint density at radius 2 is 2.00 bits per heavy atom. The molecular formula is C19H20N6O2. The Kier molecular flexibility index (Phi) is 4.31. The van der Waals surface area contributed by atoms with Crippen LogP contribution in [-0.4, -0.2) is 42.1 Å². The molecule has 0 spiro atoms. The molecule has 1 amide bonds. The van der Waals surface area contributed by atoms with E-state index in [0.29, 0.717) is 18.9 Å². The largest absolute Gasteiger partial charge is 0.329 e.